The highest BCUT2D eigenvalue weighted by molar-refractivity contribution is 6.20. The van der Waals surface area contributed by atoms with Crippen LogP contribution in [0.2, 0.25) is 0 Å². The average Bonchev–Trinajstić information content (AvgIpc) is 2.76. The van der Waals surface area contributed by atoms with Crippen LogP contribution in [0.4, 0.5) is 0 Å². The fraction of sp³-hybridized carbons (Fsp3) is 0.500. The molecule has 2 rings (SSSR count). The number of hydrogen-bond donors (Lipinski definition) is 0. The molecule has 0 bridgehead atoms. The first-order valence-corrected chi connectivity index (χ1v) is 7.01. The number of nitrogens with zero attached hydrogens (tertiary/aromatic N) is 4. The van der Waals surface area contributed by atoms with Gasteiger partial charge in [0, 0.05) is 33.3 Å². The van der Waals surface area contributed by atoms with E-state index in [0.717, 1.165) is 22.6 Å². The van der Waals surface area contributed by atoms with Gasteiger partial charge < -0.3 is 9.47 Å². The number of alkyl halides is 1. The summed E-state index contributed by atoms with van der Waals surface area (Å²) in [6, 6.07) is 1.92. The summed E-state index contributed by atoms with van der Waals surface area (Å²) in [5, 5.41) is -0.224. The first-order chi connectivity index (χ1) is 9.41. The molecule has 0 N–H and O–H groups in total. The van der Waals surface area contributed by atoms with Crippen molar-refractivity contribution in [3.05, 3.63) is 23.7 Å². The maximum atomic E-state index is 11.8. The number of halogens is 1. The first-order valence-electron chi connectivity index (χ1n) is 6.57. The van der Waals surface area contributed by atoms with Crippen LogP contribution >= 0.6 is 11.6 Å². The molecular formula is C14H19ClN4O. The Kier molecular flexibility index (Phi) is 4.28. The van der Waals surface area contributed by atoms with E-state index in [9.17, 15) is 4.79 Å². The molecule has 6 heteroatoms. The molecule has 2 heterocycles. The highest BCUT2D eigenvalue weighted by Crippen LogP contribution is 2.25. The third-order valence-corrected chi connectivity index (χ3v) is 3.46. The lowest BCUT2D eigenvalue weighted by molar-refractivity contribution is -0.128. The van der Waals surface area contributed by atoms with Crippen LogP contribution in [0.5, 0.6) is 0 Å². The molecule has 0 aliphatic heterocycles. The molecule has 1 amide bonds. The third kappa shape index (κ3) is 2.77. The minimum atomic E-state index is -0.224. The van der Waals surface area contributed by atoms with Gasteiger partial charge in [-0.05, 0) is 25.5 Å². The Balaban J connectivity index is 2.42. The molecule has 0 radical (unpaired) electrons. The van der Waals surface area contributed by atoms with Crippen molar-refractivity contribution >= 4 is 28.7 Å². The van der Waals surface area contributed by atoms with Gasteiger partial charge in [-0.3, -0.25) is 4.79 Å². The Hall–Kier alpha value is -1.62. The van der Waals surface area contributed by atoms with Crippen molar-refractivity contribution in [3.8, 4) is 0 Å². The Morgan fingerprint density at radius 1 is 1.50 bits per heavy atom. The molecule has 20 heavy (non-hydrogen) atoms. The van der Waals surface area contributed by atoms with E-state index in [4.69, 9.17) is 11.6 Å². The Morgan fingerprint density at radius 3 is 2.80 bits per heavy atom. The number of aryl methyl sites for hydroxylation is 2. The third-order valence-electron chi connectivity index (χ3n) is 3.27. The molecule has 0 saturated heterocycles. The van der Waals surface area contributed by atoms with Gasteiger partial charge in [-0.15, -0.1) is 11.6 Å². The van der Waals surface area contributed by atoms with Gasteiger partial charge in [0.2, 0.25) is 5.91 Å². The second kappa shape index (κ2) is 5.79. The van der Waals surface area contributed by atoms with E-state index in [1.165, 1.54) is 0 Å². The molecule has 2 aromatic heterocycles. The van der Waals surface area contributed by atoms with Gasteiger partial charge in [-0.25, -0.2) is 9.97 Å². The zero-order valence-electron chi connectivity index (χ0n) is 12.2. The Bertz CT molecular complexity index is 633. The zero-order valence-corrected chi connectivity index (χ0v) is 13.0. The number of amides is 1. The molecule has 0 spiro atoms. The maximum absolute atomic E-state index is 11.8. The van der Waals surface area contributed by atoms with Crippen LogP contribution in [-0.4, -0.2) is 39.4 Å². The lowest BCUT2D eigenvalue weighted by Crippen LogP contribution is -2.23. The summed E-state index contributed by atoms with van der Waals surface area (Å²) in [6.07, 6.45) is 2.16. The van der Waals surface area contributed by atoms with Gasteiger partial charge in [-0.1, -0.05) is 0 Å². The molecule has 1 unspecified atom stereocenters. The van der Waals surface area contributed by atoms with Gasteiger partial charge in [0.25, 0.3) is 0 Å². The van der Waals surface area contributed by atoms with Crippen molar-refractivity contribution in [1.29, 1.82) is 0 Å². The number of rotatable bonds is 4. The molecule has 2 aromatic rings. The first kappa shape index (κ1) is 14.8. The summed E-state index contributed by atoms with van der Waals surface area (Å²) in [6.45, 7) is 4.41. The molecular weight excluding hydrogens is 276 g/mol. The van der Waals surface area contributed by atoms with Crippen LogP contribution in [-0.2, 0) is 11.3 Å². The fourth-order valence-corrected chi connectivity index (χ4v) is 2.28. The summed E-state index contributed by atoms with van der Waals surface area (Å²) in [5.74, 6) is 0.836. The highest BCUT2D eigenvalue weighted by Gasteiger charge is 2.17. The van der Waals surface area contributed by atoms with E-state index in [2.05, 4.69) is 9.97 Å². The molecule has 1 atom stereocenters. The van der Waals surface area contributed by atoms with Gasteiger partial charge in [0.15, 0.2) is 5.65 Å². The van der Waals surface area contributed by atoms with Crippen molar-refractivity contribution in [1.82, 2.24) is 19.4 Å². The molecule has 0 aliphatic carbocycles. The number of imidazole rings is 1. The van der Waals surface area contributed by atoms with Gasteiger partial charge >= 0.3 is 0 Å². The van der Waals surface area contributed by atoms with Crippen molar-refractivity contribution in [3.63, 3.8) is 0 Å². The predicted octanol–water partition coefficient (Wildman–Crippen LogP) is 2.52. The summed E-state index contributed by atoms with van der Waals surface area (Å²) in [4.78, 5) is 22.3. The van der Waals surface area contributed by atoms with Crippen LogP contribution in [0.1, 0.15) is 30.1 Å². The summed E-state index contributed by atoms with van der Waals surface area (Å²) in [7, 11) is 3.50. The molecule has 0 aromatic carbocycles. The standard InChI is InChI=1S/C14H19ClN4O/c1-9-5-7-16-14-12(9)17-13(10(2)15)19(14)8-6-11(20)18(3)4/h5,7,10H,6,8H2,1-4H3. The maximum Gasteiger partial charge on any atom is 0.223 e. The van der Waals surface area contributed by atoms with Gasteiger partial charge in [0.05, 0.1) is 5.38 Å². The molecule has 0 aliphatic rings. The SMILES string of the molecule is Cc1ccnc2c1nc(C(C)Cl)n2CCC(=O)N(C)C. The van der Waals surface area contributed by atoms with Gasteiger partial charge in [0.1, 0.15) is 11.3 Å². The molecule has 5 nitrogen and oxygen atoms in total. The minimum Gasteiger partial charge on any atom is -0.349 e. The predicted molar refractivity (Wildman–Crippen MR) is 79.8 cm³/mol. The van der Waals surface area contributed by atoms with E-state index in [1.807, 2.05) is 24.5 Å². The molecule has 108 valence electrons. The molecule has 0 saturated carbocycles. The van der Waals surface area contributed by atoms with E-state index in [-0.39, 0.29) is 11.3 Å². The van der Waals surface area contributed by atoms with Crippen molar-refractivity contribution in [2.24, 2.45) is 0 Å². The Morgan fingerprint density at radius 2 is 2.20 bits per heavy atom. The van der Waals surface area contributed by atoms with Crippen LogP contribution < -0.4 is 0 Å². The Labute approximate surface area is 123 Å². The van der Waals surface area contributed by atoms with Gasteiger partial charge in [-0.2, -0.15) is 0 Å². The van der Waals surface area contributed by atoms with Crippen LogP contribution in [0.25, 0.3) is 11.2 Å². The van der Waals surface area contributed by atoms with E-state index in [0.29, 0.717) is 13.0 Å². The van der Waals surface area contributed by atoms with Crippen LogP contribution in [0.3, 0.4) is 0 Å². The lowest BCUT2D eigenvalue weighted by atomic mass is 10.3. The number of pyridine rings is 1. The van der Waals surface area contributed by atoms with Crippen molar-refractivity contribution < 1.29 is 4.79 Å². The largest absolute Gasteiger partial charge is 0.349 e. The number of fused-ring (bicyclic) bond motifs is 1. The van der Waals surface area contributed by atoms with Crippen molar-refractivity contribution in [2.45, 2.75) is 32.2 Å². The van der Waals surface area contributed by atoms with Crippen molar-refractivity contribution in [2.75, 3.05) is 14.1 Å². The number of aromatic nitrogens is 3. The summed E-state index contributed by atoms with van der Waals surface area (Å²) in [5.41, 5.74) is 2.71. The normalized spacial score (nSPS) is 12.7. The average molecular weight is 295 g/mol. The quantitative estimate of drug-likeness (QED) is 0.814. The second-order valence-electron chi connectivity index (χ2n) is 5.08. The van der Waals surface area contributed by atoms with E-state index >= 15 is 0 Å². The minimum absolute atomic E-state index is 0.0766. The number of carbonyl (C=O) groups excluding carboxylic acids is 1. The summed E-state index contributed by atoms with van der Waals surface area (Å²) < 4.78 is 1.95. The number of hydrogen-bond acceptors (Lipinski definition) is 3. The lowest BCUT2D eigenvalue weighted by Gasteiger charge is -2.13. The zero-order chi connectivity index (χ0) is 14.9. The fourth-order valence-electron chi connectivity index (χ4n) is 2.11. The highest BCUT2D eigenvalue weighted by atomic mass is 35.5. The number of carbonyl (C=O) groups is 1. The van der Waals surface area contributed by atoms with E-state index in [1.54, 1.807) is 25.2 Å². The second-order valence-corrected chi connectivity index (χ2v) is 5.73. The topological polar surface area (TPSA) is 51.0 Å². The monoisotopic (exact) mass is 294 g/mol. The van der Waals surface area contributed by atoms with Crippen LogP contribution in [0.15, 0.2) is 12.3 Å². The van der Waals surface area contributed by atoms with E-state index < -0.39 is 0 Å². The van der Waals surface area contributed by atoms with Crippen LogP contribution in [0, 0.1) is 6.92 Å². The summed E-state index contributed by atoms with van der Waals surface area (Å²) >= 11 is 6.20. The smallest absolute Gasteiger partial charge is 0.223 e. The molecule has 0 fully saturated rings.